The first kappa shape index (κ1) is 14.8. The summed E-state index contributed by atoms with van der Waals surface area (Å²) in [5.74, 6) is 1.13. The Morgan fingerprint density at radius 1 is 1.26 bits per heavy atom. The Morgan fingerprint density at radius 2 is 2.00 bits per heavy atom. The molecular formula is C15H29N3O. The standard InChI is InChI=1S/C15H29N3O/c1-3-18-8-6-13(7-9-18)10-17-15(19)14-5-4-12(2)16-11-14/h12-14,16H,3-11H2,1-2H3,(H,17,19). The molecule has 2 aliphatic heterocycles. The van der Waals surface area contributed by atoms with Crippen LogP contribution in [0.5, 0.6) is 0 Å². The molecule has 0 aromatic heterocycles. The topological polar surface area (TPSA) is 44.4 Å². The van der Waals surface area contributed by atoms with E-state index in [-0.39, 0.29) is 11.8 Å². The fourth-order valence-electron chi connectivity index (χ4n) is 3.12. The molecule has 2 fully saturated rings. The molecule has 4 nitrogen and oxygen atoms in total. The van der Waals surface area contributed by atoms with Crippen molar-refractivity contribution in [1.82, 2.24) is 15.5 Å². The molecule has 2 unspecified atom stereocenters. The number of piperidine rings is 2. The maximum atomic E-state index is 12.1. The van der Waals surface area contributed by atoms with Gasteiger partial charge < -0.3 is 15.5 Å². The Balaban J connectivity index is 1.64. The molecule has 2 N–H and O–H groups in total. The van der Waals surface area contributed by atoms with Gasteiger partial charge in [-0.25, -0.2) is 0 Å². The monoisotopic (exact) mass is 267 g/mol. The molecule has 0 saturated carbocycles. The highest BCUT2D eigenvalue weighted by Crippen LogP contribution is 2.17. The van der Waals surface area contributed by atoms with Crippen LogP contribution in [0.2, 0.25) is 0 Å². The molecule has 2 rings (SSSR count). The summed E-state index contributed by atoms with van der Waals surface area (Å²) in [4.78, 5) is 14.6. The maximum absolute atomic E-state index is 12.1. The minimum absolute atomic E-state index is 0.187. The van der Waals surface area contributed by atoms with Gasteiger partial charge in [-0.3, -0.25) is 4.79 Å². The van der Waals surface area contributed by atoms with E-state index in [4.69, 9.17) is 0 Å². The van der Waals surface area contributed by atoms with E-state index in [1.54, 1.807) is 0 Å². The third-order valence-corrected chi connectivity index (χ3v) is 4.75. The van der Waals surface area contributed by atoms with Gasteiger partial charge in [0, 0.05) is 19.1 Å². The number of carbonyl (C=O) groups is 1. The van der Waals surface area contributed by atoms with Crippen molar-refractivity contribution in [2.75, 3.05) is 32.7 Å². The van der Waals surface area contributed by atoms with Crippen molar-refractivity contribution in [3.63, 3.8) is 0 Å². The normalized spacial score (nSPS) is 30.2. The van der Waals surface area contributed by atoms with E-state index in [0.29, 0.717) is 12.0 Å². The van der Waals surface area contributed by atoms with Gasteiger partial charge in [0.05, 0.1) is 5.92 Å². The molecule has 2 saturated heterocycles. The molecule has 2 aliphatic rings. The molecular weight excluding hydrogens is 238 g/mol. The third-order valence-electron chi connectivity index (χ3n) is 4.75. The quantitative estimate of drug-likeness (QED) is 0.805. The SMILES string of the molecule is CCN1CCC(CNC(=O)C2CCC(C)NC2)CC1. The van der Waals surface area contributed by atoms with Crippen molar-refractivity contribution in [2.45, 2.75) is 45.6 Å². The van der Waals surface area contributed by atoms with E-state index in [2.05, 4.69) is 29.4 Å². The summed E-state index contributed by atoms with van der Waals surface area (Å²) in [5.41, 5.74) is 0. The number of hydrogen-bond donors (Lipinski definition) is 2. The number of nitrogens with one attached hydrogen (secondary N) is 2. The van der Waals surface area contributed by atoms with Crippen molar-refractivity contribution < 1.29 is 4.79 Å². The zero-order valence-corrected chi connectivity index (χ0v) is 12.5. The molecule has 4 heteroatoms. The number of hydrogen-bond acceptors (Lipinski definition) is 3. The van der Waals surface area contributed by atoms with E-state index < -0.39 is 0 Å². The maximum Gasteiger partial charge on any atom is 0.224 e. The van der Waals surface area contributed by atoms with Crippen LogP contribution in [0, 0.1) is 11.8 Å². The Bertz CT molecular complexity index is 279. The fourth-order valence-corrected chi connectivity index (χ4v) is 3.12. The van der Waals surface area contributed by atoms with Gasteiger partial charge in [0.15, 0.2) is 0 Å². The van der Waals surface area contributed by atoms with E-state index in [0.717, 1.165) is 32.5 Å². The zero-order valence-electron chi connectivity index (χ0n) is 12.5. The summed E-state index contributed by atoms with van der Waals surface area (Å²) in [7, 11) is 0. The van der Waals surface area contributed by atoms with Gasteiger partial charge in [-0.15, -0.1) is 0 Å². The number of amides is 1. The first-order chi connectivity index (χ1) is 9.19. The summed E-state index contributed by atoms with van der Waals surface area (Å²) in [6, 6.07) is 0.572. The predicted octanol–water partition coefficient (Wildman–Crippen LogP) is 1.22. The van der Waals surface area contributed by atoms with Gasteiger partial charge >= 0.3 is 0 Å². The fraction of sp³-hybridized carbons (Fsp3) is 0.933. The summed E-state index contributed by atoms with van der Waals surface area (Å²) in [5, 5.41) is 6.57. The summed E-state index contributed by atoms with van der Waals surface area (Å²) in [6.07, 6.45) is 4.61. The van der Waals surface area contributed by atoms with Crippen LogP contribution in [0.3, 0.4) is 0 Å². The van der Waals surface area contributed by atoms with E-state index in [1.165, 1.54) is 25.9 Å². The van der Waals surface area contributed by atoms with Crippen LogP contribution >= 0.6 is 0 Å². The highest BCUT2D eigenvalue weighted by Gasteiger charge is 2.25. The number of likely N-dealkylation sites (tertiary alicyclic amines) is 1. The third kappa shape index (κ3) is 4.46. The van der Waals surface area contributed by atoms with Crippen molar-refractivity contribution in [1.29, 1.82) is 0 Å². The second-order valence-corrected chi connectivity index (χ2v) is 6.21. The van der Waals surface area contributed by atoms with Crippen LogP contribution < -0.4 is 10.6 Å². The van der Waals surface area contributed by atoms with Crippen LogP contribution in [0.25, 0.3) is 0 Å². The molecule has 110 valence electrons. The molecule has 0 spiro atoms. The summed E-state index contributed by atoms with van der Waals surface area (Å²) >= 11 is 0. The smallest absolute Gasteiger partial charge is 0.224 e. The average molecular weight is 267 g/mol. The van der Waals surface area contributed by atoms with Crippen molar-refractivity contribution in [3.05, 3.63) is 0 Å². The Kier molecular flexibility index (Phi) is 5.64. The Morgan fingerprint density at radius 3 is 2.58 bits per heavy atom. The highest BCUT2D eigenvalue weighted by molar-refractivity contribution is 5.78. The second-order valence-electron chi connectivity index (χ2n) is 6.21. The first-order valence-electron chi connectivity index (χ1n) is 7.92. The molecule has 19 heavy (non-hydrogen) atoms. The van der Waals surface area contributed by atoms with Crippen molar-refractivity contribution in [2.24, 2.45) is 11.8 Å². The van der Waals surface area contributed by atoms with Crippen LogP contribution in [-0.4, -0.2) is 49.6 Å². The summed E-state index contributed by atoms with van der Waals surface area (Å²) in [6.45, 7) is 9.68. The first-order valence-corrected chi connectivity index (χ1v) is 7.92. The van der Waals surface area contributed by atoms with Crippen LogP contribution in [0.15, 0.2) is 0 Å². The van der Waals surface area contributed by atoms with Gasteiger partial charge in [-0.05, 0) is 58.2 Å². The zero-order chi connectivity index (χ0) is 13.7. The van der Waals surface area contributed by atoms with E-state index in [1.807, 2.05) is 0 Å². The lowest BCUT2D eigenvalue weighted by molar-refractivity contribution is -0.125. The molecule has 0 radical (unpaired) electrons. The van der Waals surface area contributed by atoms with Gasteiger partial charge in [-0.1, -0.05) is 6.92 Å². The van der Waals surface area contributed by atoms with E-state index in [9.17, 15) is 4.79 Å². The molecule has 0 bridgehead atoms. The Hall–Kier alpha value is -0.610. The second kappa shape index (κ2) is 7.25. The largest absolute Gasteiger partial charge is 0.356 e. The van der Waals surface area contributed by atoms with Crippen LogP contribution in [-0.2, 0) is 4.79 Å². The average Bonchev–Trinajstić information content (AvgIpc) is 2.46. The van der Waals surface area contributed by atoms with Gasteiger partial charge in [0.2, 0.25) is 5.91 Å². The minimum Gasteiger partial charge on any atom is -0.356 e. The lowest BCUT2D eigenvalue weighted by atomic mass is 9.93. The predicted molar refractivity (Wildman–Crippen MR) is 78.0 cm³/mol. The lowest BCUT2D eigenvalue weighted by Gasteiger charge is -2.32. The molecule has 2 heterocycles. The number of carbonyl (C=O) groups excluding carboxylic acids is 1. The van der Waals surface area contributed by atoms with Crippen molar-refractivity contribution in [3.8, 4) is 0 Å². The summed E-state index contributed by atoms with van der Waals surface area (Å²) < 4.78 is 0. The number of rotatable bonds is 4. The van der Waals surface area contributed by atoms with Gasteiger partial charge in [0.1, 0.15) is 0 Å². The molecule has 1 amide bonds. The van der Waals surface area contributed by atoms with Crippen molar-refractivity contribution >= 4 is 5.91 Å². The van der Waals surface area contributed by atoms with Crippen LogP contribution in [0.4, 0.5) is 0 Å². The molecule has 0 aromatic rings. The molecule has 0 aliphatic carbocycles. The number of nitrogens with zero attached hydrogens (tertiary/aromatic N) is 1. The van der Waals surface area contributed by atoms with Crippen LogP contribution in [0.1, 0.15) is 39.5 Å². The Labute approximate surface area is 117 Å². The molecule has 2 atom stereocenters. The van der Waals surface area contributed by atoms with E-state index >= 15 is 0 Å². The minimum atomic E-state index is 0.187. The highest BCUT2D eigenvalue weighted by atomic mass is 16.1. The van der Waals surface area contributed by atoms with Gasteiger partial charge in [-0.2, -0.15) is 0 Å². The van der Waals surface area contributed by atoms with Gasteiger partial charge in [0.25, 0.3) is 0 Å². The molecule has 0 aromatic carbocycles. The lowest BCUT2D eigenvalue weighted by Crippen LogP contribution is -2.45.